The van der Waals surface area contributed by atoms with Gasteiger partial charge in [-0.1, -0.05) is 20.3 Å². The van der Waals surface area contributed by atoms with E-state index in [2.05, 4.69) is 20.8 Å². The molecule has 0 aliphatic rings. The van der Waals surface area contributed by atoms with Crippen molar-refractivity contribution in [3.8, 4) is 0 Å². The van der Waals surface area contributed by atoms with E-state index >= 15 is 0 Å². The number of ketones is 1. The SMILES string of the molecule is CC(=O)COC(C)C.CCC(O)COC(C)C.CCCCOC(C)C.COC(C)C.COC(C)C.COC(C)C. The molecule has 0 aromatic rings. The lowest BCUT2D eigenvalue weighted by molar-refractivity contribution is -0.122. The second-order valence-corrected chi connectivity index (χ2v) is 10.6. The van der Waals surface area contributed by atoms with Gasteiger partial charge in [0.1, 0.15) is 6.61 Å². The lowest BCUT2D eigenvalue weighted by atomic mass is 10.3. The number of hydrogen-bond donors (Lipinski definition) is 1. The molecule has 0 saturated heterocycles. The first-order valence-corrected chi connectivity index (χ1v) is 15.0. The molecule has 0 aromatic heterocycles. The minimum Gasteiger partial charge on any atom is -0.391 e. The fraction of sp³-hybridized carbons (Fsp3) is 0.969. The summed E-state index contributed by atoms with van der Waals surface area (Å²) in [7, 11) is 5.10. The maximum Gasteiger partial charge on any atom is 0.155 e. The monoisotopic (exact) mass is 587 g/mol. The Morgan fingerprint density at radius 1 is 0.600 bits per heavy atom. The van der Waals surface area contributed by atoms with Gasteiger partial charge in [0.15, 0.2) is 5.78 Å². The van der Waals surface area contributed by atoms with Crippen LogP contribution in [0, 0.1) is 0 Å². The van der Waals surface area contributed by atoms with Crippen LogP contribution in [0.2, 0.25) is 0 Å². The van der Waals surface area contributed by atoms with Crippen molar-refractivity contribution in [2.24, 2.45) is 0 Å². The second kappa shape index (κ2) is 42.9. The Bertz CT molecular complexity index is 406. The summed E-state index contributed by atoms with van der Waals surface area (Å²) in [6.45, 7) is 31.1. The predicted molar refractivity (Wildman–Crippen MR) is 172 cm³/mol. The van der Waals surface area contributed by atoms with Gasteiger partial charge in [-0.2, -0.15) is 0 Å². The third kappa shape index (κ3) is 98.8. The van der Waals surface area contributed by atoms with E-state index in [1.165, 1.54) is 19.8 Å². The van der Waals surface area contributed by atoms with Crippen molar-refractivity contribution in [1.29, 1.82) is 0 Å². The number of carbonyl (C=O) groups excluding carboxylic acids is 1. The Hall–Kier alpha value is -0.610. The minimum atomic E-state index is -0.285. The van der Waals surface area contributed by atoms with Crippen molar-refractivity contribution >= 4 is 5.78 Å². The van der Waals surface area contributed by atoms with Crippen LogP contribution in [0.15, 0.2) is 0 Å². The molecule has 250 valence electrons. The first kappa shape index (κ1) is 52.1. The number of ether oxygens (including phenoxy) is 6. The van der Waals surface area contributed by atoms with Crippen LogP contribution in [0.1, 0.15) is 123 Å². The van der Waals surface area contributed by atoms with Gasteiger partial charge >= 0.3 is 0 Å². The van der Waals surface area contributed by atoms with Crippen LogP contribution in [-0.2, 0) is 33.2 Å². The smallest absolute Gasteiger partial charge is 0.155 e. The Morgan fingerprint density at radius 2 is 0.925 bits per heavy atom. The van der Waals surface area contributed by atoms with Gasteiger partial charge in [0, 0.05) is 27.9 Å². The number of carbonyl (C=O) groups is 1. The first-order chi connectivity index (χ1) is 18.4. The molecule has 0 aliphatic carbocycles. The van der Waals surface area contributed by atoms with Gasteiger partial charge in [-0.3, -0.25) is 4.79 Å². The van der Waals surface area contributed by atoms with Crippen LogP contribution >= 0.6 is 0 Å². The van der Waals surface area contributed by atoms with Crippen LogP contribution in [0.5, 0.6) is 0 Å². The lowest BCUT2D eigenvalue weighted by Gasteiger charge is -2.10. The maximum absolute atomic E-state index is 10.2. The van der Waals surface area contributed by atoms with Crippen LogP contribution in [0.4, 0.5) is 0 Å². The molecular weight excluding hydrogens is 512 g/mol. The highest BCUT2D eigenvalue weighted by molar-refractivity contribution is 5.76. The molecule has 40 heavy (non-hydrogen) atoms. The molecule has 1 atom stereocenters. The van der Waals surface area contributed by atoms with Crippen LogP contribution < -0.4 is 0 Å². The second-order valence-electron chi connectivity index (χ2n) is 10.6. The molecule has 0 aliphatic heterocycles. The summed E-state index contributed by atoms with van der Waals surface area (Å²) in [5.41, 5.74) is 0. The molecule has 0 amide bonds. The number of unbranched alkanes of at least 4 members (excludes halogenated alkanes) is 1. The molecule has 0 bridgehead atoms. The average molecular weight is 587 g/mol. The van der Waals surface area contributed by atoms with Gasteiger partial charge in [-0.15, -0.1) is 0 Å². The van der Waals surface area contributed by atoms with E-state index in [-0.39, 0.29) is 30.7 Å². The minimum absolute atomic E-state index is 0.0821. The highest BCUT2D eigenvalue weighted by atomic mass is 16.5. The largest absolute Gasteiger partial charge is 0.391 e. The Morgan fingerprint density at radius 3 is 1.10 bits per heavy atom. The van der Waals surface area contributed by atoms with Gasteiger partial charge in [0.05, 0.1) is 49.3 Å². The summed E-state index contributed by atoms with van der Waals surface area (Å²) in [4.78, 5) is 10.2. The van der Waals surface area contributed by atoms with E-state index < -0.39 is 0 Å². The Balaban J connectivity index is -0.0000000883. The summed E-state index contributed by atoms with van der Waals surface area (Å²) in [6.07, 6.45) is 4.86. The highest BCUT2D eigenvalue weighted by Crippen LogP contribution is 1.94. The highest BCUT2D eigenvalue weighted by Gasteiger charge is 2.00. The Labute approximate surface area is 251 Å². The molecule has 1 N–H and O–H groups in total. The topological polar surface area (TPSA) is 92.7 Å². The van der Waals surface area contributed by atoms with E-state index in [9.17, 15) is 4.79 Å². The van der Waals surface area contributed by atoms with Crippen molar-refractivity contribution in [1.82, 2.24) is 0 Å². The molecule has 1 unspecified atom stereocenters. The number of aliphatic hydroxyl groups is 1. The van der Waals surface area contributed by atoms with E-state index in [1.807, 2.05) is 76.2 Å². The zero-order valence-corrected chi connectivity index (χ0v) is 30.1. The summed E-state index contributed by atoms with van der Waals surface area (Å²) in [5, 5.41) is 8.98. The van der Waals surface area contributed by atoms with Crippen molar-refractivity contribution in [2.45, 2.75) is 166 Å². The fourth-order valence-electron chi connectivity index (χ4n) is 1.17. The van der Waals surface area contributed by atoms with Gasteiger partial charge in [-0.05, 0) is 103 Å². The quantitative estimate of drug-likeness (QED) is 0.209. The van der Waals surface area contributed by atoms with E-state index in [4.69, 9.17) is 33.5 Å². The molecule has 0 radical (unpaired) electrons. The van der Waals surface area contributed by atoms with Gasteiger partial charge < -0.3 is 33.5 Å². The number of rotatable bonds is 14. The molecule has 8 heteroatoms. The van der Waals surface area contributed by atoms with E-state index in [0.717, 1.165) is 13.0 Å². The van der Waals surface area contributed by atoms with E-state index in [0.29, 0.717) is 31.0 Å². The van der Waals surface area contributed by atoms with Crippen molar-refractivity contribution in [3.05, 3.63) is 0 Å². The molecule has 0 saturated carbocycles. The molecular formula is C32H74O8. The maximum atomic E-state index is 10.2. The van der Waals surface area contributed by atoms with Crippen LogP contribution in [-0.4, -0.2) is 94.8 Å². The summed E-state index contributed by atoms with van der Waals surface area (Å²) in [5.74, 6) is 0.0821. The van der Waals surface area contributed by atoms with Crippen molar-refractivity contribution in [2.75, 3.05) is 41.2 Å². The molecule has 8 nitrogen and oxygen atoms in total. The number of Topliss-reactive ketones (excluding diaryl/α,β-unsaturated/α-hetero) is 1. The molecule has 0 rings (SSSR count). The predicted octanol–water partition coefficient (Wildman–Crippen LogP) is 7.52. The average Bonchev–Trinajstić information content (AvgIpc) is 2.87. The van der Waals surface area contributed by atoms with E-state index in [1.54, 1.807) is 21.3 Å². The van der Waals surface area contributed by atoms with Crippen molar-refractivity contribution < 1.29 is 38.3 Å². The number of hydrogen-bond acceptors (Lipinski definition) is 8. The molecule has 0 spiro atoms. The van der Waals surface area contributed by atoms with Gasteiger partial charge in [0.25, 0.3) is 0 Å². The molecule has 0 heterocycles. The van der Waals surface area contributed by atoms with Gasteiger partial charge in [0.2, 0.25) is 0 Å². The lowest BCUT2D eigenvalue weighted by Crippen LogP contribution is -2.16. The van der Waals surface area contributed by atoms with Gasteiger partial charge in [-0.25, -0.2) is 0 Å². The normalized spacial score (nSPS) is 10.9. The summed E-state index contributed by atoms with van der Waals surface area (Å²) >= 11 is 0. The van der Waals surface area contributed by atoms with Crippen LogP contribution in [0.3, 0.4) is 0 Å². The fourth-order valence-corrected chi connectivity index (χ4v) is 1.17. The van der Waals surface area contributed by atoms with Crippen molar-refractivity contribution in [3.63, 3.8) is 0 Å². The Kier molecular flexibility index (Phi) is 55.8. The number of aliphatic hydroxyl groups excluding tert-OH is 1. The number of methoxy groups -OCH3 is 3. The molecule has 0 aromatic carbocycles. The van der Waals surface area contributed by atoms with Crippen LogP contribution in [0.25, 0.3) is 0 Å². The third-order valence-electron chi connectivity index (χ3n) is 4.08. The molecule has 0 fully saturated rings. The summed E-state index contributed by atoms with van der Waals surface area (Å²) < 4.78 is 29.6. The summed E-state index contributed by atoms with van der Waals surface area (Å²) in [6, 6.07) is 0. The standard InChI is InChI=1S/C7H16O2.C7H16O.C6H12O2.3C4H10O/c1-4-7(8)5-9-6(2)3;1-4-5-6-8-7(2)3;1-5(2)8-4-6(3)7;3*1-4(2)5-3/h6-8H,4-5H2,1-3H3;7H,4-6H2,1-3H3;5H,4H2,1-3H3;3*4H,1-3H3. The third-order valence-corrected chi connectivity index (χ3v) is 4.08. The first-order valence-electron chi connectivity index (χ1n) is 15.0. The zero-order valence-electron chi connectivity index (χ0n) is 30.1. The zero-order chi connectivity index (χ0) is 33.1.